The molecule has 0 aliphatic carbocycles. The summed E-state index contributed by atoms with van der Waals surface area (Å²) in [6.07, 6.45) is 0. The van der Waals surface area contributed by atoms with Gasteiger partial charge in [-0.15, -0.1) is 0 Å². The summed E-state index contributed by atoms with van der Waals surface area (Å²) in [6.45, 7) is 4.18. The van der Waals surface area contributed by atoms with Gasteiger partial charge in [0, 0.05) is 12.2 Å². The normalized spacial score (nSPS) is 10.3. The van der Waals surface area contributed by atoms with Gasteiger partial charge in [0.25, 0.3) is 5.91 Å². The summed E-state index contributed by atoms with van der Waals surface area (Å²) in [5.41, 5.74) is 7.79. The second-order valence-electron chi connectivity index (χ2n) is 5.78. The van der Waals surface area contributed by atoms with Crippen LogP contribution in [0.4, 0.5) is 5.69 Å². The molecule has 8 heteroatoms. The van der Waals surface area contributed by atoms with Crippen molar-refractivity contribution in [2.24, 2.45) is 5.73 Å². The Bertz CT molecular complexity index is 854. The third-order valence-electron chi connectivity index (χ3n) is 3.68. The maximum absolute atomic E-state index is 11.0. The van der Waals surface area contributed by atoms with Crippen molar-refractivity contribution in [2.75, 3.05) is 18.5 Å². The van der Waals surface area contributed by atoms with Crippen LogP contribution in [0, 0.1) is 6.92 Å². The van der Waals surface area contributed by atoms with Crippen molar-refractivity contribution in [3.63, 3.8) is 0 Å². The van der Waals surface area contributed by atoms with Crippen LogP contribution in [0.15, 0.2) is 30.3 Å². The predicted octanol–water partition coefficient (Wildman–Crippen LogP) is 3.22. The van der Waals surface area contributed by atoms with Crippen molar-refractivity contribution in [1.82, 2.24) is 0 Å². The first-order chi connectivity index (χ1) is 12.8. The van der Waals surface area contributed by atoms with Gasteiger partial charge in [-0.05, 0) is 55.3 Å². The van der Waals surface area contributed by atoms with Gasteiger partial charge in [-0.25, -0.2) is 4.79 Å². The van der Waals surface area contributed by atoms with E-state index in [2.05, 4.69) is 5.32 Å². The topological polar surface area (TPSA) is 111 Å². The fourth-order valence-corrected chi connectivity index (χ4v) is 2.75. The molecule has 1 amide bonds. The summed E-state index contributed by atoms with van der Waals surface area (Å²) >= 11 is 6.27. The number of carbonyl (C=O) groups is 2. The summed E-state index contributed by atoms with van der Waals surface area (Å²) in [5.74, 6) is -0.895. The number of anilines is 1. The van der Waals surface area contributed by atoms with Gasteiger partial charge in [0.05, 0.1) is 17.2 Å². The molecule has 0 aliphatic rings. The van der Waals surface area contributed by atoms with Crippen LogP contribution in [-0.2, 0) is 11.3 Å². The van der Waals surface area contributed by atoms with Crippen LogP contribution in [0.3, 0.4) is 0 Å². The molecule has 0 aromatic heterocycles. The van der Waals surface area contributed by atoms with E-state index in [-0.39, 0.29) is 17.9 Å². The highest BCUT2D eigenvalue weighted by Crippen LogP contribution is 2.37. The Hall–Kier alpha value is -2.93. The monoisotopic (exact) mass is 392 g/mol. The number of ether oxygens (including phenoxy) is 2. The van der Waals surface area contributed by atoms with Crippen LogP contribution in [-0.4, -0.2) is 30.2 Å². The summed E-state index contributed by atoms with van der Waals surface area (Å²) in [5, 5.41) is 12.6. The standard InChI is InChI=1S/C19H21ClN2O5/c1-3-26-16-8-12(7-14(20)18(16)27-10-17(21)23)9-22-15-5-4-13(19(24)25)6-11(15)2/h4-8,22H,3,9-10H2,1-2H3,(H2,21,23)(H,24,25). The average molecular weight is 393 g/mol. The lowest BCUT2D eigenvalue weighted by Crippen LogP contribution is -2.20. The highest BCUT2D eigenvalue weighted by atomic mass is 35.5. The lowest BCUT2D eigenvalue weighted by molar-refractivity contribution is -0.119. The van der Waals surface area contributed by atoms with Gasteiger partial charge in [0.1, 0.15) is 0 Å². The number of primary amides is 1. The number of carbonyl (C=O) groups excluding carboxylic acids is 1. The molecule has 2 aromatic carbocycles. The third kappa shape index (κ3) is 5.52. The number of benzene rings is 2. The fraction of sp³-hybridized carbons (Fsp3) is 0.263. The molecule has 27 heavy (non-hydrogen) atoms. The lowest BCUT2D eigenvalue weighted by atomic mass is 10.1. The zero-order chi connectivity index (χ0) is 20.0. The van der Waals surface area contributed by atoms with Gasteiger partial charge >= 0.3 is 5.97 Å². The van der Waals surface area contributed by atoms with Crippen molar-refractivity contribution < 1.29 is 24.2 Å². The van der Waals surface area contributed by atoms with Crippen LogP contribution in [0.2, 0.25) is 5.02 Å². The smallest absolute Gasteiger partial charge is 0.335 e. The molecule has 0 saturated carbocycles. The van der Waals surface area contributed by atoms with Gasteiger partial charge in [-0.1, -0.05) is 11.6 Å². The van der Waals surface area contributed by atoms with Crippen LogP contribution in [0.1, 0.15) is 28.4 Å². The molecule has 0 aliphatic heterocycles. The molecule has 0 spiro atoms. The van der Waals surface area contributed by atoms with Gasteiger partial charge in [-0.3, -0.25) is 4.79 Å². The number of aromatic carboxylic acids is 1. The number of halogens is 1. The Morgan fingerprint density at radius 2 is 1.96 bits per heavy atom. The zero-order valence-corrected chi connectivity index (χ0v) is 15.8. The van der Waals surface area contributed by atoms with Gasteiger partial charge in [0.2, 0.25) is 0 Å². The van der Waals surface area contributed by atoms with E-state index in [4.69, 9.17) is 31.9 Å². The number of rotatable bonds is 9. The largest absolute Gasteiger partial charge is 0.490 e. The van der Waals surface area contributed by atoms with Crippen LogP contribution >= 0.6 is 11.6 Å². The summed E-state index contributed by atoms with van der Waals surface area (Å²) in [7, 11) is 0. The summed E-state index contributed by atoms with van der Waals surface area (Å²) in [6, 6.07) is 8.32. The summed E-state index contributed by atoms with van der Waals surface area (Å²) in [4.78, 5) is 22.0. The van der Waals surface area contributed by atoms with Crippen molar-refractivity contribution in [1.29, 1.82) is 0 Å². The summed E-state index contributed by atoms with van der Waals surface area (Å²) < 4.78 is 10.9. The average Bonchev–Trinajstić information content (AvgIpc) is 2.59. The number of amides is 1. The van der Waals surface area contributed by atoms with Crippen LogP contribution < -0.4 is 20.5 Å². The minimum Gasteiger partial charge on any atom is -0.490 e. The van der Waals surface area contributed by atoms with E-state index in [0.29, 0.717) is 23.9 Å². The van der Waals surface area contributed by atoms with E-state index in [0.717, 1.165) is 16.8 Å². The molecule has 0 fully saturated rings. The number of carboxylic acid groups (broad SMARTS) is 1. The van der Waals surface area contributed by atoms with E-state index in [1.54, 1.807) is 24.3 Å². The molecule has 0 atom stereocenters. The number of carboxylic acids is 1. The van der Waals surface area contributed by atoms with Crippen molar-refractivity contribution >= 4 is 29.2 Å². The Morgan fingerprint density at radius 1 is 1.22 bits per heavy atom. The molecular formula is C19H21ClN2O5. The van der Waals surface area contributed by atoms with Crippen molar-refractivity contribution in [2.45, 2.75) is 20.4 Å². The maximum Gasteiger partial charge on any atom is 0.335 e. The minimum atomic E-state index is -0.968. The molecular weight excluding hydrogens is 372 g/mol. The molecule has 2 rings (SSSR count). The number of aryl methyl sites for hydroxylation is 1. The highest BCUT2D eigenvalue weighted by molar-refractivity contribution is 6.32. The SMILES string of the molecule is CCOc1cc(CNc2ccc(C(=O)O)cc2C)cc(Cl)c1OCC(N)=O. The lowest BCUT2D eigenvalue weighted by Gasteiger charge is -2.16. The van der Waals surface area contributed by atoms with Gasteiger partial charge < -0.3 is 25.6 Å². The first-order valence-electron chi connectivity index (χ1n) is 8.26. The molecule has 0 bridgehead atoms. The molecule has 4 N–H and O–H groups in total. The molecule has 144 valence electrons. The quantitative estimate of drug-likeness (QED) is 0.604. The van der Waals surface area contributed by atoms with Gasteiger partial charge in [-0.2, -0.15) is 0 Å². The first kappa shape index (κ1) is 20.4. The number of hydrogen-bond donors (Lipinski definition) is 3. The van der Waals surface area contributed by atoms with E-state index in [9.17, 15) is 9.59 Å². The first-order valence-corrected chi connectivity index (χ1v) is 8.63. The Morgan fingerprint density at radius 3 is 2.56 bits per heavy atom. The fourth-order valence-electron chi connectivity index (χ4n) is 2.46. The van der Waals surface area contributed by atoms with E-state index >= 15 is 0 Å². The van der Waals surface area contributed by atoms with Gasteiger partial charge in [0.15, 0.2) is 18.1 Å². The highest BCUT2D eigenvalue weighted by Gasteiger charge is 2.14. The maximum atomic E-state index is 11.0. The Kier molecular flexibility index (Phi) is 6.90. The third-order valence-corrected chi connectivity index (χ3v) is 3.96. The van der Waals surface area contributed by atoms with E-state index in [1.165, 1.54) is 6.07 Å². The number of nitrogens with two attached hydrogens (primary N) is 1. The second kappa shape index (κ2) is 9.14. The number of hydrogen-bond acceptors (Lipinski definition) is 5. The molecule has 0 saturated heterocycles. The number of nitrogens with one attached hydrogen (secondary N) is 1. The van der Waals surface area contributed by atoms with E-state index in [1.807, 2.05) is 13.8 Å². The molecule has 0 radical (unpaired) electrons. The zero-order valence-electron chi connectivity index (χ0n) is 15.0. The molecule has 0 heterocycles. The van der Waals surface area contributed by atoms with Crippen molar-refractivity contribution in [3.8, 4) is 11.5 Å². The second-order valence-corrected chi connectivity index (χ2v) is 6.19. The van der Waals surface area contributed by atoms with E-state index < -0.39 is 11.9 Å². The Labute approximate surface area is 162 Å². The van der Waals surface area contributed by atoms with Crippen LogP contribution in [0.25, 0.3) is 0 Å². The predicted molar refractivity (Wildman–Crippen MR) is 103 cm³/mol. The van der Waals surface area contributed by atoms with Crippen LogP contribution in [0.5, 0.6) is 11.5 Å². The van der Waals surface area contributed by atoms with Crippen molar-refractivity contribution in [3.05, 3.63) is 52.0 Å². The molecule has 0 unspecified atom stereocenters. The molecule has 7 nitrogen and oxygen atoms in total. The molecule has 2 aromatic rings. The Balaban J connectivity index is 2.19. The minimum absolute atomic E-state index is 0.232.